The second-order valence-corrected chi connectivity index (χ2v) is 7.88. The first-order chi connectivity index (χ1) is 14.6. The Balaban J connectivity index is 1.62. The fourth-order valence-electron chi connectivity index (χ4n) is 2.76. The third-order valence-corrected chi connectivity index (χ3v) is 5.44. The number of amides is 1. The van der Waals surface area contributed by atoms with Crippen LogP contribution < -0.4 is 10.1 Å². The number of nitrogens with zero attached hydrogens (tertiary/aromatic N) is 3. The standard InChI is InChI=1S/C20H18ClF3N4O2S/c1-12(30-14-7-5-6-13(21)10-14)18-26-27-19(28(18)2)31-11-17(29)25-16-9-4-3-8-15(16)20(22,23)24/h3-10,12H,11H2,1-2H3,(H,25,29). The lowest BCUT2D eigenvalue weighted by molar-refractivity contribution is -0.137. The summed E-state index contributed by atoms with van der Waals surface area (Å²) in [6.07, 6.45) is -5.01. The number of aromatic nitrogens is 3. The molecule has 0 spiro atoms. The number of nitrogens with one attached hydrogen (secondary N) is 1. The van der Waals surface area contributed by atoms with Crippen LogP contribution in [0.15, 0.2) is 53.7 Å². The lowest BCUT2D eigenvalue weighted by Crippen LogP contribution is -2.18. The molecule has 1 N–H and O–H groups in total. The summed E-state index contributed by atoms with van der Waals surface area (Å²) in [5.41, 5.74) is -1.19. The average Bonchev–Trinajstić information content (AvgIpc) is 3.06. The van der Waals surface area contributed by atoms with Gasteiger partial charge in [-0.3, -0.25) is 4.79 Å². The van der Waals surface area contributed by atoms with Crippen LogP contribution in [0.25, 0.3) is 0 Å². The number of benzene rings is 2. The highest BCUT2D eigenvalue weighted by Gasteiger charge is 2.33. The molecule has 1 unspecified atom stereocenters. The molecule has 1 amide bonds. The minimum absolute atomic E-state index is 0.137. The van der Waals surface area contributed by atoms with E-state index in [-0.39, 0.29) is 11.4 Å². The van der Waals surface area contributed by atoms with Crippen molar-refractivity contribution in [2.45, 2.75) is 24.4 Å². The molecule has 0 aliphatic rings. The second-order valence-electron chi connectivity index (χ2n) is 6.50. The molecule has 3 aromatic rings. The van der Waals surface area contributed by atoms with Gasteiger partial charge in [-0.05, 0) is 37.3 Å². The molecule has 0 saturated heterocycles. The van der Waals surface area contributed by atoms with Gasteiger partial charge < -0.3 is 14.6 Å². The maximum Gasteiger partial charge on any atom is 0.418 e. The van der Waals surface area contributed by atoms with Crippen molar-refractivity contribution in [3.63, 3.8) is 0 Å². The number of ether oxygens (including phenoxy) is 1. The van der Waals surface area contributed by atoms with Gasteiger partial charge in [0.1, 0.15) is 5.75 Å². The number of carbonyl (C=O) groups is 1. The molecule has 11 heteroatoms. The molecule has 3 rings (SSSR count). The quantitative estimate of drug-likeness (QED) is 0.471. The maximum absolute atomic E-state index is 13.1. The maximum atomic E-state index is 13.1. The highest BCUT2D eigenvalue weighted by atomic mass is 35.5. The van der Waals surface area contributed by atoms with E-state index < -0.39 is 23.8 Å². The smallest absolute Gasteiger partial charge is 0.418 e. The zero-order valence-electron chi connectivity index (χ0n) is 16.5. The van der Waals surface area contributed by atoms with Gasteiger partial charge in [0.15, 0.2) is 17.1 Å². The molecule has 1 aromatic heterocycles. The van der Waals surface area contributed by atoms with Gasteiger partial charge in [-0.25, -0.2) is 0 Å². The average molecular weight is 471 g/mol. The Morgan fingerprint density at radius 3 is 2.68 bits per heavy atom. The number of hydrogen-bond acceptors (Lipinski definition) is 5. The Hall–Kier alpha value is -2.72. The van der Waals surface area contributed by atoms with Crippen molar-refractivity contribution in [2.75, 3.05) is 11.1 Å². The van der Waals surface area contributed by atoms with Crippen LogP contribution in [0.2, 0.25) is 5.02 Å². The van der Waals surface area contributed by atoms with Crippen molar-refractivity contribution in [1.29, 1.82) is 0 Å². The topological polar surface area (TPSA) is 69.0 Å². The number of hydrogen-bond donors (Lipinski definition) is 1. The van der Waals surface area contributed by atoms with Crippen LogP contribution in [0.3, 0.4) is 0 Å². The van der Waals surface area contributed by atoms with Gasteiger partial charge in [0.2, 0.25) is 5.91 Å². The monoisotopic (exact) mass is 470 g/mol. The number of para-hydroxylation sites is 1. The summed E-state index contributed by atoms with van der Waals surface area (Å²) in [5.74, 6) is 0.363. The molecular weight excluding hydrogens is 453 g/mol. The third-order valence-electron chi connectivity index (χ3n) is 4.18. The highest BCUT2D eigenvalue weighted by Crippen LogP contribution is 2.34. The second kappa shape index (κ2) is 9.61. The van der Waals surface area contributed by atoms with Crippen LogP contribution in [0, 0.1) is 0 Å². The van der Waals surface area contributed by atoms with Crippen molar-refractivity contribution >= 4 is 35.0 Å². The predicted octanol–water partition coefficient (Wildman–Crippen LogP) is 5.36. The van der Waals surface area contributed by atoms with E-state index in [2.05, 4.69) is 15.5 Å². The molecule has 0 saturated carbocycles. The number of carbonyl (C=O) groups excluding carboxylic acids is 1. The molecule has 31 heavy (non-hydrogen) atoms. The molecule has 0 aliphatic carbocycles. The summed E-state index contributed by atoms with van der Waals surface area (Å²) < 4.78 is 46.7. The first-order valence-electron chi connectivity index (χ1n) is 9.05. The zero-order valence-corrected chi connectivity index (χ0v) is 18.1. The Morgan fingerprint density at radius 1 is 1.23 bits per heavy atom. The zero-order chi connectivity index (χ0) is 22.6. The van der Waals surface area contributed by atoms with Gasteiger partial charge in [-0.2, -0.15) is 13.2 Å². The third kappa shape index (κ3) is 5.92. The van der Waals surface area contributed by atoms with E-state index in [9.17, 15) is 18.0 Å². The molecule has 1 heterocycles. The lowest BCUT2D eigenvalue weighted by Gasteiger charge is -2.14. The van der Waals surface area contributed by atoms with E-state index in [1.54, 1.807) is 42.8 Å². The van der Waals surface area contributed by atoms with Gasteiger partial charge in [0.25, 0.3) is 0 Å². The summed E-state index contributed by atoms with van der Waals surface area (Å²) in [6, 6.07) is 11.7. The van der Waals surface area contributed by atoms with E-state index in [4.69, 9.17) is 16.3 Å². The summed E-state index contributed by atoms with van der Waals surface area (Å²) in [7, 11) is 1.71. The van der Waals surface area contributed by atoms with Crippen molar-refractivity contribution in [3.8, 4) is 5.75 Å². The Morgan fingerprint density at radius 2 is 1.97 bits per heavy atom. The van der Waals surface area contributed by atoms with Crippen molar-refractivity contribution in [3.05, 3.63) is 64.9 Å². The van der Waals surface area contributed by atoms with Gasteiger partial charge in [0, 0.05) is 12.1 Å². The summed E-state index contributed by atoms with van der Waals surface area (Å²) in [5, 5.41) is 11.4. The molecule has 0 radical (unpaired) electrons. The van der Waals surface area contributed by atoms with Crippen LogP contribution in [0.5, 0.6) is 5.75 Å². The van der Waals surface area contributed by atoms with Crippen LogP contribution in [-0.2, 0) is 18.0 Å². The minimum Gasteiger partial charge on any atom is -0.483 e. The molecule has 0 fully saturated rings. The molecule has 1 atom stereocenters. The predicted molar refractivity (Wildman–Crippen MR) is 112 cm³/mol. The molecule has 2 aromatic carbocycles. The molecule has 0 aliphatic heterocycles. The van der Waals surface area contributed by atoms with E-state index in [0.717, 1.165) is 17.8 Å². The van der Waals surface area contributed by atoms with Gasteiger partial charge in [-0.15, -0.1) is 10.2 Å². The SMILES string of the molecule is CC(Oc1cccc(Cl)c1)c1nnc(SCC(=O)Nc2ccccc2C(F)(F)F)n1C. The van der Waals surface area contributed by atoms with Gasteiger partial charge in [0.05, 0.1) is 17.0 Å². The number of halogens is 4. The van der Waals surface area contributed by atoms with E-state index in [1.165, 1.54) is 18.2 Å². The molecule has 164 valence electrons. The summed E-state index contributed by atoms with van der Waals surface area (Å²) in [4.78, 5) is 12.2. The first kappa shape index (κ1) is 23.0. The van der Waals surface area contributed by atoms with E-state index >= 15 is 0 Å². The van der Waals surface area contributed by atoms with Crippen LogP contribution in [0.4, 0.5) is 18.9 Å². The Labute approximate surface area is 185 Å². The molecule has 6 nitrogen and oxygen atoms in total. The fourth-order valence-corrected chi connectivity index (χ4v) is 3.66. The van der Waals surface area contributed by atoms with Crippen molar-refractivity contribution < 1.29 is 22.7 Å². The van der Waals surface area contributed by atoms with Crippen LogP contribution in [-0.4, -0.2) is 26.4 Å². The number of rotatable bonds is 7. The number of alkyl halides is 3. The highest BCUT2D eigenvalue weighted by molar-refractivity contribution is 7.99. The summed E-state index contributed by atoms with van der Waals surface area (Å²) in [6.45, 7) is 1.79. The first-order valence-corrected chi connectivity index (χ1v) is 10.4. The fraction of sp³-hybridized carbons (Fsp3) is 0.250. The van der Waals surface area contributed by atoms with Gasteiger partial charge >= 0.3 is 6.18 Å². The summed E-state index contributed by atoms with van der Waals surface area (Å²) >= 11 is 7.01. The molecular formula is C20H18ClF3N4O2S. The van der Waals surface area contributed by atoms with E-state index in [0.29, 0.717) is 21.8 Å². The number of anilines is 1. The Bertz CT molecular complexity index is 1070. The van der Waals surface area contributed by atoms with Crippen molar-refractivity contribution in [2.24, 2.45) is 7.05 Å². The number of thioether (sulfide) groups is 1. The Kier molecular flexibility index (Phi) is 7.11. The van der Waals surface area contributed by atoms with Gasteiger partial charge in [-0.1, -0.05) is 41.6 Å². The van der Waals surface area contributed by atoms with E-state index in [1.807, 2.05) is 0 Å². The van der Waals surface area contributed by atoms with Crippen LogP contribution in [0.1, 0.15) is 24.4 Å². The largest absolute Gasteiger partial charge is 0.483 e. The normalized spacial score (nSPS) is 12.5. The molecule has 0 bridgehead atoms. The van der Waals surface area contributed by atoms with Crippen molar-refractivity contribution in [1.82, 2.24) is 14.8 Å². The van der Waals surface area contributed by atoms with Crippen LogP contribution >= 0.6 is 23.4 Å². The lowest BCUT2D eigenvalue weighted by atomic mass is 10.1. The minimum atomic E-state index is -4.56.